The topological polar surface area (TPSA) is 105 Å². The maximum Gasteiger partial charge on any atom is 0.274 e. The van der Waals surface area contributed by atoms with E-state index in [0.29, 0.717) is 5.56 Å². The molecule has 7 nitrogen and oxygen atoms in total. The molecule has 1 aromatic carbocycles. The fraction of sp³-hybridized carbons (Fsp3) is 0.533. The van der Waals surface area contributed by atoms with E-state index in [0.717, 1.165) is 33.1 Å². The number of ketones is 1. The van der Waals surface area contributed by atoms with Crippen LogP contribution in [0.2, 0.25) is 0 Å². The summed E-state index contributed by atoms with van der Waals surface area (Å²) in [6, 6.07) is 8.68. The molecule has 130 valence electrons. The smallest absolute Gasteiger partial charge is 0.274 e. The standard InChI is InChI=1S/C15H22O7S/c1-20-13(17)15(19,22-3)14(18,21-2)10-23-9-12(16)11-7-5-4-6-8-11/h4-8,13,17-19H,9-10H2,1-3H3. The van der Waals surface area contributed by atoms with Crippen LogP contribution in [0.1, 0.15) is 10.4 Å². The van der Waals surface area contributed by atoms with Gasteiger partial charge in [0.25, 0.3) is 5.79 Å². The molecule has 3 N–H and O–H groups in total. The number of carbonyl (C=O) groups excluding carboxylic acids is 1. The van der Waals surface area contributed by atoms with Gasteiger partial charge in [-0.15, -0.1) is 11.8 Å². The van der Waals surface area contributed by atoms with E-state index < -0.39 is 17.9 Å². The highest BCUT2D eigenvalue weighted by Crippen LogP contribution is 2.31. The van der Waals surface area contributed by atoms with E-state index in [1.165, 1.54) is 0 Å². The van der Waals surface area contributed by atoms with Gasteiger partial charge in [-0.2, -0.15) is 0 Å². The number of carbonyl (C=O) groups is 1. The van der Waals surface area contributed by atoms with Crippen LogP contribution in [0, 0.1) is 0 Å². The monoisotopic (exact) mass is 346 g/mol. The predicted molar refractivity (Wildman–Crippen MR) is 85.0 cm³/mol. The molecule has 0 aliphatic rings. The highest BCUT2D eigenvalue weighted by Gasteiger charge is 2.56. The van der Waals surface area contributed by atoms with Crippen molar-refractivity contribution >= 4 is 17.5 Å². The largest absolute Gasteiger partial charge is 0.364 e. The van der Waals surface area contributed by atoms with Crippen LogP contribution in [0.3, 0.4) is 0 Å². The first kappa shape index (κ1) is 20.0. The van der Waals surface area contributed by atoms with Gasteiger partial charge in [-0.1, -0.05) is 30.3 Å². The fourth-order valence-electron chi connectivity index (χ4n) is 1.91. The van der Waals surface area contributed by atoms with E-state index in [1.54, 1.807) is 30.3 Å². The molecule has 0 spiro atoms. The number of hydrogen-bond donors (Lipinski definition) is 3. The molecule has 0 fully saturated rings. The van der Waals surface area contributed by atoms with Gasteiger partial charge in [-0.05, 0) is 0 Å². The zero-order valence-electron chi connectivity index (χ0n) is 13.3. The Morgan fingerprint density at radius 3 is 2.26 bits per heavy atom. The van der Waals surface area contributed by atoms with E-state index in [-0.39, 0.29) is 17.3 Å². The SMILES string of the molecule is COC(O)C(O)(OC)C(O)(CSCC(=O)c1ccccc1)OC. The van der Waals surface area contributed by atoms with Crippen LogP contribution in [0.15, 0.2) is 30.3 Å². The molecule has 0 radical (unpaired) electrons. The summed E-state index contributed by atoms with van der Waals surface area (Å²) in [6.45, 7) is 0. The van der Waals surface area contributed by atoms with Gasteiger partial charge in [-0.3, -0.25) is 4.79 Å². The quantitative estimate of drug-likeness (QED) is 0.409. The van der Waals surface area contributed by atoms with Gasteiger partial charge < -0.3 is 29.5 Å². The molecule has 0 aromatic heterocycles. The molecule has 0 saturated carbocycles. The van der Waals surface area contributed by atoms with E-state index in [1.807, 2.05) is 0 Å². The lowest BCUT2D eigenvalue weighted by Crippen LogP contribution is -2.65. The Labute approximate surface area is 139 Å². The molecular formula is C15H22O7S. The Bertz CT molecular complexity index is 498. The number of hydrogen-bond acceptors (Lipinski definition) is 8. The molecular weight excluding hydrogens is 324 g/mol. The number of methoxy groups -OCH3 is 3. The highest BCUT2D eigenvalue weighted by molar-refractivity contribution is 8.00. The van der Waals surface area contributed by atoms with E-state index in [2.05, 4.69) is 4.74 Å². The first-order valence-corrected chi connectivity index (χ1v) is 7.92. The predicted octanol–water partition coefficient (Wildman–Crippen LogP) is 0.237. The summed E-state index contributed by atoms with van der Waals surface area (Å²) in [7, 11) is 3.37. The average molecular weight is 346 g/mol. The van der Waals surface area contributed by atoms with Crippen LogP contribution in [-0.4, -0.2) is 71.8 Å². The van der Waals surface area contributed by atoms with Crippen LogP contribution in [0.5, 0.6) is 0 Å². The zero-order valence-corrected chi connectivity index (χ0v) is 14.1. The second-order valence-electron chi connectivity index (χ2n) is 4.76. The first-order chi connectivity index (χ1) is 10.8. The normalized spacial score (nSPS) is 18.0. The van der Waals surface area contributed by atoms with Crippen molar-refractivity contribution < 1.29 is 34.3 Å². The van der Waals surface area contributed by atoms with Crippen molar-refractivity contribution in [2.75, 3.05) is 32.8 Å². The summed E-state index contributed by atoms with van der Waals surface area (Å²) in [4.78, 5) is 12.0. The number of Topliss-reactive ketones (excluding diaryl/α,β-unsaturated/α-hetero) is 1. The molecule has 0 amide bonds. The summed E-state index contributed by atoms with van der Waals surface area (Å²) in [5, 5.41) is 30.5. The first-order valence-electron chi connectivity index (χ1n) is 6.76. The summed E-state index contributed by atoms with van der Waals surface area (Å²) < 4.78 is 14.3. The number of aliphatic hydroxyl groups excluding tert-OH is 1. The molecule has 0 bridgehead atoms. The van der Waals surface area contributed by atoms with E-state index in [9.17, 15) is 20.1 Å². The van der Waals surface area contributed by atoms with E-state index >= 15 is 0 Å². The molecule has 23 heavy (non-hydrogen) atoms. The van der Waals surface area contributed by atoms with E-state index in [4.69, 9.17) is 9.47 Å². The number of aliphatic hydroxyl groups is 3. The Hall–Kier alpha value is -1.00. The van der Waals surface area contributed by atoms with Crippen LogP contribution in [0.25, 0.3) is 0 Å². The van der Waals surface area contributed by atoms with Gasteiger partial charge in [-0.25, -0.2) is 0 Å². The van der Waals surface area contributed by atoms with Crippen molar-refractivity contribution in [3.63, 3.8) is 0 Å². The van der Waals surface area contributed by atoms with Gasteiger partial charge in [0, 0.05) is 26.9 Å². The van der Waals surface area contributed by atoms with Gasteiger partial charge in [0.2, 0.25) is 12.1 Å². The number of rotatable bonds is 10. The van der Waals surface area contributed by atoms with Gasteiger partial charge in [0.15, 0.2) is 5.78 Å². The molecule has 0 heterocycles. The second kappa shape index (κ2) is 8.74. The molecule has 8 heteroatoms. The summed E-state index contributed by atoms with van der Waals surface area (Å²) in [6.07, 6.45) is -1.84. The number of thioether (sulfide) groups is 1. The second-order valence-corrected chi connectivity index (χ2v) is 5.74. The van der Waals surface area contributed by atoms with Crippen molar-refractivity contribution in [3.05, 3.63) is 35.9 Å². The maximum atomic E-state index is 12.0. The Morgan fingerprint density at radius 2 is 1.78 bits per heavy atom. The maximum absolute atomic E-state index is 12.0. The van der Waals surface area contributed by atoms with Gasteiger partial charge >= 0.3 is 0 Å². The third kappa shape index (κ3) is 4.51. The summed E-state index contributed by atoms with van der Waals surface area (Å²) >= 11 is 1.03. The molecule has 3 unspecified atom stereocenters. The lowest BCUT2D eigenvalue weighted by Gasteiger charge is -2.42. The zero-order chi connectivity index (χ0) is 17.5. The third-order valence-corrected chi connectivity index (χ3v) is 4.45. The van der Waals surface area contributed by atoms with Crippen LogP contribution in [-0.2, 0) is 14.2 Å². The lowest BCUT2D eigenvalue weighted by atomic mass is 10.1. The van der Waals surface area contributed by atoms with Crippen molar-refractivity contribution in [2.45, 2.75) is 17.9 Å². The molecule has 0 aliphatic carbocycles. The molecule has 0 saturated heterocycles. The molecule has 1 aromatic rings. The minimum Gasteiger partial charge on any atom is -0.364 e. The summed E-state index contributed by atoms with van der Waals surface area (Å²) in [5.74, 6) is -5.11. The molecule has 3 atom stereocenters. The summed E-state index contributed by atoms with van der Waals surface area (Å²) in [5.41, 5.74) is 0.542. The Kier molecular flexibility index (Phi) is 7.62. The van der Waals surface area contributed by atoms with Crippen LogP contribution >= 0.6 is 11.8 Å². The highest BCUT2D eigenvalue weighted by atomic mass is 32.2. The fourth-order valence-corrected chi connectivity index (χ4v) is 2.97. The minimum atomic E-state index is -2.51. The third-order valence-electron chi connectivity index (χ3n) is 3.39. The Balaban J connectivity index is 2.73. The van der Waals surface area contributed by atoms with Crippen molar-refractivity contribution in [2.24, 2.45) is 0 Å². The van der Waals surface area contributed by atoms with Crippen LogP contribution < -0.4 is 0 Å². The van der Waals surface area contributed by atoms with Gasteiger partial charge in [0.1, 0.15) is 0 Å². The van der Waals surface area contributed by atoms with Crippen molar-refractivity contribution in [1.82, 2.24) is 0 Å². The average Bonchev–Trinajstić information content (AvgIpc) is 2.60. The minimum absolute atomic E-state index is 0.0541. The van der Waals surface area contributed by atoms with Crippen molar-refractivity contribution in [1.29, 1.82) is 0 Å². The van der Waals surface area contributed by atoms with Crippen LogP contribution in [0.4, 0.5) is 0 Å². The lowest BCUT2D eigenvalue weighted by molar-refractivity contribution is -0.420. The number of benzene rings is 1. The Morgan fingerprint density at radius 1 is 1.17 bits per heavy atom. The molecule has 1 rings (SSSR count). The molecule has 0 aliphatic heterocycles. The van der Waals surface area contributed by atoms with Crippen molar-refractivity contribution in [3.8, 4) is 0 Å². The number of ether oxygens (including phenoxy) is 3. The van der Waals surface area contributed by atoms with Gasteiger partial charge in [0.05, 0.1) is 11.5 Å².